The van der Waals surface area contributed by atoms with Gasteiger partial charge in [-0.15, -0.1) is 0 Å². The molecule has 1 saturated heterocycles. The lowest BCUT2D eigenvalue weighted by atomic mass is 10.0. The molecule has 190 valence electrons. The Morgan fingerprint density at radius 1 is 0.914 bits per heavy atom. The molecule has 7 nitrogen and oxygen atoms in total. The number of rotatable bonds is 14. The summed E-state index contributed by atoms with van der Waals surface area (Å²) >= 11 is 1.67. The van der Waals surface area contributed by atoms with Crippen LogP contribution in [-0.4, -0.2) is 46.3 Å². The van der Waals surface area contributed by atoms with Crippen LogP contribution in [0.25, 0.3) is 0 Å². The summed E-state index contributed by atoms with van der Waals surface area (Å²) in [4.78, 5) is 22.8. The molecule has 0 aromatic heterocycles. The van der Waals surface area contributed by atoms with E-state index in [2.05, 4.69) is 17.4 Å². The van der Waals surface area contributed by atoms with Gasteiger partial charge in [0, 0.05) is 42.0 Å². The summed E-state index contributed by atoms with van der Waals surface area (Å²) < 4.78 is 12.6. The van der Waals surface area contributed by atoms with Crippen molar-refractivity contribution in [2.75, 3.05) is 23.4 Å². The van der Waals surface area contributed by atoms with Gasteiger partial charge < -0.3 is 25.0 Å². The number of aliphatic hydroxyl groups excluding tert-OH is 1. The molecular formula is C27H35NO6S. The number of carbonyl (C=O) groups is 2. The van der Waals surface area contributed by atoms with Crippen molar-refractivity contribution in [3.63, 3.8) is 0 Å². The maximum absolute atomic E-state index is 12.2. The first-order valence-electron chi connectivity index (χ1n) is 12.2. The van der Waals surface area contributed by atoms with Crippen LogP contribution in [0.1, 0.15) is 68.5 Å². The molecule has 2 aromatic rings. The number of unbranched alkanes of at least 4 members (excludes halogenated alkanes) is 3. The molecule has 3 rings (SSSR count). The minimum absolute atomic E-state index is 0.00499. The smallest absolute Gasteiger partial charge is 0.303 e. The van der Waals surface area contributed by atoms with E-state index in [4.69, 9.17) is 19.7 Å². The van der Waals surface area contributed by atoms with Crippen LogP contribution in [0, 0.1) is 0 Å². The Morgan fingerprint density at radius 2 is 1.63 bits per heavy atom. The molecule has 3 N–H and O–H groups in total. The summed E-state index contributed by atoms with van der Waals surface area (Å²) in [6.07, 6.45) is 3.81. The summed E-state index contributed by atoms with van der Waals surface area (Å²) in [7, 11) is 0. The van der Waals surface area contributed by atoms with E-state index in [9.17, 15) is 9.59 Å². The zero-order valence-corrected chi connectivity index (χ0v) is 20.8. The number of carboxylic acids is 1. The monoisotopic (exact) mass is 501 g/mol. The standard InChI is InChI=1S/C27H35NO6S/c29-16-17-35-19-23-18-24(20-8-4-3-5-9-20)34-27(33-23)21-12-14-22(15-13-21)28-25(30)10-6-1-2-7-11-26(31)32/h3-5,8-9,12-15,23-24,27,29H,1-2,6-7,10-11,16-19H2,(H,28,30)(H,31,32). The number of carboxylic acid groups (broad SMARTS) is 1. The number of aliphatic hydroxyl groups is 1. The topological polar surface area (TPSA) is 105 Å². The van der Waals surface area contributed by atoms with E-state index in [1.807, 2.05) is 42.5 Å². The number of hydrogen-bond acceptors (Lipinski definition) is 6. The van der Waals surface area contributed by atoms with Crippen molar-refractivity contribution >= 4 is 29.3 Å². The molecule has 3 atom stereocenters. The van der Waals surface area contributed by atoms with E-state index in [1.54, 1.807) is 11.8 Å². The van der Waals surface area contributed by atoms with Crippen LogP contribution in [0.15, 0.2) is 54.6 Å². The third-order valence-corrected chi connectivity index (χ3v) is 6.88. The van der Waals surface area contributed by atoms with E-state index < -0.39 is 12.3 Å². The lowest BCUT2D eigenvalue weighted by Gasteiger charge is -2.36. The predicted octanol–water partition coefficient (Wildman–Crippen LogP) is 5.32. The highest BCUT2D eigenvalue weighted by Crippen LogP contribution is 2.38. The quantitative estimate of drug-likeness (QED) is 0.301. The molecule has 35 heavy (non-hydrogen) atoms. The van der Waals surface area contributed by atoms with E-state index in [0.717, 1.165) is 48.3 Å². The zero-order valence-electron chi connectivity index (χ0n) is 19.9. The molecule has 0 aliphatic carbocycles. The van der Waals surface area contributed by atoms with E-state index in [1.165, 1.54) is 0 Å². The fraction of sp³-hybridized carbons (Fsp3) is 0.481. The van der Waals surface area contributed by atoms with Crippen LogP contribution in [0.5, 0.6) is 0 Å². The molecule has 1 amide bonds. The van der Waals surface area contributed by atoms with Crippen molar-refractivity contribution < 1.29 is 29.3 Å². The van der Waals surface area contributed by atoms with Gasteiger partial charge in [0.25, 0.3) is 0 Å². The van der Waals surface area contributed by atoms with Crippen molar-refractivity contribution in [2.24, 2.45) is 0 Å². The van der Waals surface area contributed by atoms with Crippen LogP contribution >= 0.6 is 11.8 Å². The fourth-order valence-corrected chi connectivity index (χ4v) is 4.77. The van der Waals surface area contributed by atoms with E-state index in [-0.39, 0.29) is 31.1 Å². The van der Waals surface area contributed by atoms with Gasteiger partial charge in [0.05, 0.1) is 18.8 Å². The molecule has 1 heterocycles. The summed E-state index contributed by atoms with van der Waals surface area (Å²) in [5, 5.41) is 20.7. The first-order valence-corrected chi connectivity index (χ1v) is 13.4. The number of hydrogen-bond donors (Lipinski definition) is 3. The minimum Gasteiger partial charge on any atom is -0.481 e. The molecular weight excluding hydrogens is 466 g/mol. The third kappa shape index (κ3) is 9.64. The maximum atomic E-state index is 12.2. The zero-order chi connectivity index (χ0) is 24.9. The SMILES string of the molecule is O=C(O)CCCCCCC(=O)Nc1ccc(C2OC(CSCCO)CC(c3ccccc3)O2)cc1. The molecule has 3 unspecified atom stereocenters. The van der Waals surface area contributed by atoms with Gasteiger partial charge in [0.1, 0.15) is 0 Å². The van der Waals surface area contributed by atoms with Crippen molar-refractivity contribution in [1.29, 1.82) is 0 Å². The second-order valence-corrected chi connectivity index (χ2v) is 9.79. The molecule has 0 radical (unpaired) electrons. The largest absolute Gasteiger partial charge is 0.481 e. The number of benzene rings is 2. The van der Waals surface area contributed by atoms with Crippen LogP contribution in [0.3, 0.4) is 0 Å². The van der Waals surface area contributed by atoms with Gasteiger partial charge in [0.2, 0.25) is 5.91 Å². The summed E-state index contributed by atoms with van der Waals surface area (Å²) in [5.41, 5.74) is 2.72. The molecule has 8 heteroatoms. The molecule has 0 bridgehead atoms. The summed E-state index contributed by atoms with van der Waals surface area (Å²) in [6, 6.07) is 17.7. The Kier molecular flexibility index (Phi) is 11.6. The Labute approximate surface area is 211 Å². The van der Waals surface area contributed by atoms with Gasteiger partial charge in [-0.25, -0.2) is 0 Å². The molecule has 1 aliphatic heterocycles. The average Bonchev–Trinajstić information content (AvgIpc) is 2.87. The lowest BCUT2D eigenvalue weighted by Crippen LogP contribution is -2.31. The second-order valence-electron chi connectivity index (χ2n) is 8.64. The molecule has 1 aliphatic rings. The summed E-state index contributed by atoms with van der Waals surface area (Å²) in [5.74, 6) is 0.639. The van der Waals surface area contributed by atoms with Crippen LogP contribution < -0.4 is 5.32 Å². The van der Waals surface area contributed by atoms with Gasteiger partial charge in [-0.05, 0) is 30.5 Å². The predicted molar refractivity (Wildman–Crippen MR) is 137 cm³/mol. The van der Waals surface area contributed by atoms with Crippen molar-refractivity contribution in [1.82, 2.24) is 0 Å². The normalized spacial score (nSPS) is 19.9. The van der Waals surface area contributed by atoms with Crippen LogP contribution in [0.2, 0.25) is 0 Å². The fourth-order valence-electron chi connectivity index (χ4n) is 3.99. The summed E-state index contributed by atoms with van der Waals surface area (Å²) in [6.45, 7) is 0.150. The Balaban J connectivity index is 1.53. The van der Waals surface area contributed by atoms with Crippen LogP contribution in [-0.2, 0) is 19.1 Å². The number of ether oxygens (including phenoxy) is 2. The van der Waals surface area contributed by atoms with Gasteiger partial charge in [-0.2, -0.15) is 11.8 Å². The number of thioether (sulfide) groups is 1. The first-order chi connectivity index (χ1) is 17.0. The second kappa shape index (κ2) is 14.9. The first kappa shape index (κ1) is 27.2. The molecule has 0 saturated carbocycles. The number of nitrogens with one attached hydrogen (secondary N) is 1. The highest BCUT2D eigenvalue weighted by atomic mass is 32.2. The van der Waals surface area contributed by atoms with Gasteiger partial charge in [0.15, 0.2) is 6.29 Å². The number of aliphatic carboxylic acids is 1. The minimum atomic E-state index is -0.776. The number of amides is 1. The molecule has 2 aromatic carbocycles. The lowest BCUT2D eigenvalue weighted by molar-refractivity contribution is -0.245. The number of anilines is 1. The molecule has 1 fully saturated rings. The van der Waals surface area contributed by atoms with Crippen LogP contribution in [0.4, 0.5) is 5.69 Å². The van der Waals surface area contributed by atoms with Gasteiger partial charge in [-0.3, -0.25) is 9.59 Å². The highest BCUT2D eigenvalue weighted by Gasteiger charge is 2.32. The van der Waals surface area contributed by atoms with E-state index >= 15 is 0 Å². The van der Waals surface area contributed by atoms with Gasteiger partial charge in [-0.1, -0.05) is 55.3 Å². The third-order valence-electron chi connectivity index (χ3n) is 5.80. The Hall–Kier alpha value is -2.39. The molecule has 0 spiro atoms. The average molecular weight is 502 g/mol. The highest BCUT2D eigenvalue weighted by molar-refractivity contribution is 7.99. The Bertz CT molecular complexity index is 908. The van der Waals surface area contributed by atoms with Crippen molar-refractivity contribution in [2.45, 2.75) is 63.4 Å². The Morgan fingerprint density at radius 3 is 2.31 bits per heavy atom. The van der Waals surface area contributed by atoms with Gasteiger partial charge >= 0.3 is 5.97 Å². The number of carbonyl (C=O) groups excluding carboxylic acids is 1. The van der Waals surface area contributed by atoms with Crippen molar-refractivity contribution in [3.05, 3.63) is 65.7 Å². The van der Waals surface area contributed by atoms with E-state index in [0.29, 0.717) is 18.6 Å². The maximum Gasteiger partial charge on any atom is 0.303 e. The van der Waals surface area contributed by atoms with Crippen molar-refractivity contribution in [3.8, 4) is 0 Å².